The maximum absolute atomic E-state index is 13.1. The second-order valence-electron chi connectivity index (χ2n) is 7.45. The number of benzene rings is 2. The summed E-state index contributed by atoms with van der Waals surface area (Å²) in [7, 11) is -3.23. The van der Waals surface area contributed by atoms with Gasteiger partial charge < -0.3 is 4.74 Å². The van der Waals surface area contributed by atoms with E-state index in [9.17, 15) is 36.0 Å². The third-order valence-electron chi connectivity index (χ3n) is 4.92. The molecule has 0 radical (unpaired) electrons. The van der Waals surface area contributed by atoms with Crippen LogP contribution in [-0.4, -0.2) is 28.0 Å². The second kappa shape index (κ2) is 9.23. The number of hydrogen-bond acceptors (Lipinski definition) is 8. The molecule has 1 N–H and O–H groups in total. The van der Waals surface area contributed by atoms with E-state index in [4.69, 9.17) is 4.74 Å². The van der Waals surface area contributed by atoms with Crippen LogP contribution >= 0.6 is 11.5 Å². The van der Waals surface area contributed by atoms with Crippen LogP contribution in [0.25, 0.3) is 15.8 Å². The molecule has 2 heterocycles. The molecule has 10 nitrogen and oxygen atoms in total. The van der Waals surface area contributed by atoms with Crippen molar-refractivity contribution in [1.82, 2.24) is 18.2 Å². The predicted molar refractivity (Wildman–Crippen MR) is 124 cm³/mol. The van der Waals surface area contributed by atoms with Crippen LogP contribution in [-0.2, 0) is 29.0 Å². The van der Waals surface area contributed by atoms with Gasteiger partial charge in [0.05, 0.1) is 21.5 Å². The molecule has 0 unspecified atom stereocenters. The molecule has 188 valence electrons. The molecule has 0 atom stereocenters. The summed E-state index contributed by atoms with van der Waals surface area (Å²) in [6.07, 6.45) is -6.26. The number of aromatic nitrogens is 3. The molecule has 4 aromatic rings. The van der Waals surface area contributed by atoms with E-state index in [0.29, 0.717) is 25.5 Å². The predicted octanol–water partition coefficient (Wildman–Crippen LogP) is 2.78. The Bertz CT molecular complexity index is 1690. The zero-order chi connectivity index (χ0) is 26.3. The summed E-state index contributed by atoms with van der Waals surface area (Å²) in [5.74, 6) is -0.800. The Hall–Kier alpha value is -3.98. The second-order valence-corrected chi connectivity index (χ2v) is 9.97. The lowest BCUT2D eigenvalue weighted by molar-refractivity contribution is -0.144. The fourth-order valence-corrected chi connectivity index (χ4v) is 5.01. The lowest BCUT2D eigenvalue weighted by Gasteiger charge is -2.14. The van der Waals surface area contributed by atoms with Crippen LogP contribution in [0.1, 0.15) is 11.3 Å². The average Bonchev–Trinajstić information content (AvgIpc) is 3.17. The molecule has 0 spiro atoms. The zero-order valence-corrected chi connectivity index (χ0v) is 19.8. The van der Waals surface area contributed by atoms with E-state index in [1.165, 1.54) is 18.2 Å². The lowest BCUT2D eigenvalue weighted by Crippen LogP contribution is -2.40. The van der Waals surface area contributed by atoms with Gasteiger partial charge in [0.2, 0.25) is 15.9 Å². The van der Waals surface area contributed by atoms with Crippen LogP contribution in [0.3, 0.4) is 0 Å². The number of carbonyl (C=O) groups is 1. The minimum absolute atomic E-state index is 0.107. The lowest BCUT2D eigenvalue weighted by atomic mass is 10.2. The van der Waals surface area contributed by atoms with Crippen molar-refractivity contribution >= 4 is 37.7 Å². The SMILES string of the molecule is Cn1c(C(F)(F)F)cc(=O)n(-c2ccc3snc(OC(=O)NS(=O)(=O)Cc4ccccc4)c3c2)c1=O. The number of ether oxygens (including phenoxy) is 1. The van der Waals surface area contributed by atoms with Gasteiger partial charge in [-0.2, -0.15) is 17.5 Å². The van der Waals surface area contributed by atoms with Crippen molar-refractivity contribution in [3.63, 3.8) is 0 Å². The maximum Gasteiger partial charge on any atom is 0.431 e. The largest absolute Gasteiger partial charge is 0.431 e. The van der Waals surface area contributed by atoms with Crippen molar-refractivity contribution in [2.24, 2.45) is 7.05 Å². The first-order valence-electron chi connectivity index (χ1n) is 9.92. The van der Waals surface area contributed by atoms with Gasteiger partial charge in [-0.05, 0) is 35.3 Å². The number of sulfonamides is 1. The van der Waals surface area contributed by atoms with Gasteiger partial charge in [0.1, 0.15) is 5.69 Å². The molecule has 36 heavy (non-hydrogen) atoms. The highest BCUT2D eigenvalue weighted by molar-refractivity contribution is 7.89. The molecule has 4 rings (SSSR count). The van der Waals surface area contributed by atoms with Crippen LogP contribution in [0.15, 0.2) is 64.2 Å². The Labute approximate surface area is 204 Å². The van der Waals surface area contributed by atoms with Crippen LogP contribution in [0, 0.1) is 0 Å². The molecule has 0 aliphatic heterocycles. The maximum atomic E-state index is 13.1. The summed E-state index contributed by atoms with van der Waals surface area (Å²) in [6, 6.07) is 12.3. The molecule has 0 aliphatic rings. The topological polar surface area (TPSA) is 129 Å². The monoisotopic (exact) mass is 540 g/mol. The van der Waals surface area contributed by atoms with E-state index in [2.05, 4.69) is 4.37 Å². The number of rotatable bonds is 5. The summed E-state index contributed by atoms with van der Waals surface area (Å²) >= 11 is 0.874. The number of amides is 1. The molecular formula is C21H15F3N4O6S2. The third kappa shape index (κ3) is 5.16. The zero-order valence-electron chi connectivity index (χ0n) is 18.1. The Balaban J connectivity index is 1.64. The van der Waals surface area contributed by atoms with E-state index in [1.807, 2.05) is 0 Å². The minimum Gasteiger partial charge on any atom is -0.389 e. The van der Waals surface area contributed by atoms with Crippen molar-refractivity contribution in [2.45, 2.75) is 11.9 Å². The van der Waals surface area contributed by atoms with Gasteiger partial charge in [-0.1, -0.05) is 30.3 Å². The van der Waals surface area contributed by atoms with Crippen molar-refractivity contribution in [2.75, 3.05) is 0 Å². The third-order valence-corrected chi connectivity index (χ3v) is 6.92. The fourth-order valence-electron chi connectivity index (χ4n) is 3.32. The Morgan fingerprint density at radius 3 is 2.47 bits per heavy atom. The highest BCUT2D eigenvalue weighted by Crippen LogP contribution is 2.31. The number of nitrogens with one attached hydrogen (secondary N) is 1. The molecule has 0 saturated heterocycles. The normalized spacial score (nSPS) is 12.0. The summed E-state index contributed by atoms with van der Waals surface area (Å²) in [5.41, 5.74) is -3.55. The van der Waals surface area contributed by atoms with E-state index >= 15 is 0 Å². The first-order chi connectivity index (χ1) is 16.9. The van der Waals surface area contributed by atoms with Crippen LogP contribution in [0.5, 0.6) is 5.88 Å². The summed E-state index contributed by atoms with van der Waals surface area (Å²) in [4.78, 5) is 37.2. The number of alkyl halides is 3. The van der Waals surface area contributed by atoms with Crippen molar-refractivity contribution < 1.29 is 31.1 Å². The molecule has 0 saturated carbocycles. The van der Waals surface area contributed by atoms with Crippen molar-refractivity contribution in [3.8, 4) is 11.6 Å². The molecule has 0 aliphatic carbocycles. The summed E-state index contributed by atoms with van der Waals surface area (Å²) in [5, 5.41) is 0.127. The number of carbonyl (C=O) groups excluding carboxylic acids is 1. The Kier molecular flexibility index (Phi) is 6.44. The highest BCUT2D eigenvalue weighted by Gasteiger charge is 2.35. The van der Waals surface area contributed by atoms with Gasteiger partial charge in [-0.15, -0.1) is 0 Å². The first-order valence-corrected chi connectivity index (χ1v) is 12.3. The van der Waals surface area contributed by atoms with Gasteiger partial charge in [0.25, 0.3) is 5.56 Å². The van der Waals surface area contributed by atoms with Crippen LogP contribution in [0.4, 0.5) is 18.0 Å². The van der Waals surface area contributed by atoms with Crippen LogP contribution in [0.2, 0.25) is 0 Å². The highest BCUT2D eigenvalue weighted by atomic mass is 32.2. The van der Waals surface area contributed by atoms with E-state index in [0.717, 1.165) is 18.6 Å². The number of halogens is 3. The molecule has 2 aromatic heterocycles. The van der Waals surface area contributed by atoms with E-state index in [1.54, 1.807) is 35.1 Å². The van der Waals surface area contributed by atoms with Crippen LogP contribution < -0.4 is 20.7 Å². The van der Waals surface area contributed by atoms with Crippen molar-refractivity contribution in [3.05, 3.63) is 86.7 Å². The smallest absolute Gasteiger partial charge is 0.389 e. The van der Waals surface area contributed by atoms with Gasteiger partial charge in [0.15, 0.2) is 0 Å². The Morgan fingerprint density at radius 1 is 1.11 bits per heavy atom. The number of hydrogen-bond donors (Lipinski definition) is 1. The molecule has 0 fully saturated rings. The summed E-state index contributed by atoms with van der Waals surface area (Å²) in [6.45, 7) is 0. The molecular weight excluding hydrogens is 525 g/mol. The van der Waals surface area contributed by atoms with E-state index < -0.39 is 45.0 Å². The first kappa shape index (κ1) is 25.1. The Morgan fingerprint density at radius 2 is 1.81 bits per heavy atom. The standard InChI is InChI=1S/C21H15F3N4O6S2/c1-27-16(21(22,23)24)10-17(29)28(20(27)31)13-7-8-15-14(9-13)18(25-35-15)34-19(30)26-36(32,33)11-12-5-3-2-4-6-12/h2-10H,11H2,1H3,(H,26,30). The van der Waals surface area contributed by atoms with Gasteiger partial charge in [-0.3, -0.25) is 9.36 Å². The quantitative estimate of drug-likeness (QED) is 0.412. The van der Waals surface area contributed by atoms with Gasteiger partial charge >= 0.3 is 18.0 Å². The van der Waals surface area contributed by atoms with E-state index in [-0.39, 0.29) is 17.0 Å². The molecule has 2 aromatic carbocycles. The number of fused-ring (bicyclic) bond motifs is 1. The molecule has 15 heteroatoms. The van der Waals surface area contributed by atoms with Gasteiger partial charge in [0, 0.05) is 13.1 Å². The minimum atomic E-state index is -4.91. The van der Waals surface area contributed by atoms with Gasteiger partial charge in [-0.25, -0.2) is 27.3 Å². The van der Waals surface area contributed by atoms with Crippen molar-refractivity contribution in [1.29, 1.82) is 0 Å². The number of nitrogens with zero attached hydrogens (tertiary/aromatic N) is 3. The average molecular weight is 541 g/mol. The molecule has 0 bridgehead atoms. The summed E-state index contributed by atoms with van der Waals surface area (Å²) < 4.78 is 75.8. The fraction of sp³-hybridized carbons (Fsp3) is 0.143. The molecule has 1 amide bonds.